The van der Waals surface area contributed by atoms with Gasteiger partial charge >= 0.3 is 0 Å². The highest BCUT2D eigenvalue weighted by molar-refractivity contribution is 6.36. The number of carbonyl (C=O) groups is 2. The van der Waals surface area contributed by atoms with E-state index in [4.69, 9.17) is 14.2 Å². The zero-order valence-electron chi connectivity index (χ0n) is 18.0. The predicted molar refractivity (Wildman–Crippen MR) is 123 cm³/mol. The lowest BCUT2D eigenvalue weighted by Crippen LogP contribution is -2.32. The van der Waals surface area contributed by atoms with E-state index < -0.39 is 0 Å². The number of amides is 2. The van der Waals surface area contributed by atoms with Crippen molar-refractivity contribution in [1.29, 1.82) is 0 Å². The quantitative estimate of drug-likeness (QED) is 0.553. The van der Waals surface area contributed by atoms with Gasteiger partial charge in [-0.2, -0.15) is 0 Å². The smallest absolute Gasteiger partial charge is 0.278 e. The Balaban J connectivity index is 1.46. The molecular formula is C26H22N2O5. The summed E-state index contributed by atoms with van der Waals surface area (Å²) in [6.45, 7) is 2.77. The molecule has 0 unspecified atom stereocenters. The highest BCUT2D eigenvalue weighted by atomic mass is 16.7. The molecule has 2 amide bonds. The monoisotopic (exact) mass is 442 g/mol. The largest absolute Gasteiger partial charge is 0.494 e. The van der Waals surface area contributed by atoms with Crippen LogP contribution < -0.4 is 19.5 Å². The number of rotatable bonds is 7. The number of ether oxygens (including phenoxy) is 3. The molecule has 0 saturated carbocycles. The normalized spacial score (nSPS) is 14.8. The first kappa shape index (κ1) is 20.6. The minimum Gasteiger partial charge on any atom is -0.494 e. The molecule has 5 rings (SSSR count). The first-order valence-electron chi connectivity index (χ1n) is 10.7. The Morgan fingerprint density at radius 1 is 0.909 bits per heavy atom. The number of benzene rings is 3. The number of hydrogen-bond acceptors (Lipinski definition) is 6. The van der Waals surface area contributed by atoms with Crippen LogP contribution in [-0.2, 0) is 16.1 Å². The SMILES string of the molecule is CCOc1ccc(NC2=C(c3ccccc3)C(=O)N(Cc3ccc4c(c3)OCO4)C2=O)cc1. The summed E-state index contributed by atoms with van der Waals surface area (Å²) >= 11 is 0. The van der Waals surface area contributed by atoms with Crippen molar-refractivity contribution in [2.45, 2.75) is 13.5 Å². The highest BCUT2D eigenvalue weighted by Gasteiger charge is 2.39. The van der Waals surface area contributed by atoms with Crippen molar-refractivity contribution in [2.75, 3.05) is 18.7 Å². The van der Waals surface area contributed by atoms with Crippen LogP contribution in [0.1, 0.15) is 18.1 Å². The van der Waals surface area contributed by atoms with Crippen LogP contribution in [0.3, 0.4) is 0 Å². The maximum absolute atomic E-state index is 13.4. The van der Waals surface area contributed by atoms with Gasteiger partial charge in [0.05, 0.1) is 18.7 Å². The lowest BCUT2D eigenvalue weighted by Gasteiger charge is -2.16. The molecule has 0 radical (unpaired) electrons. The summed E-state index contributed by atoms with van der Waals surface area (Å²) < 4.78 is 16.3. The van der Waals surface area contributed by atoms with Crippen LogP contribution in [0, 0.1) is 0 Å². The predicted octanol–water partition coefficient (Wildman–Crippen LogP) is 4.21. The van der Waals surface area contributed by atoms with E-state index in [0.29, 0.717) is 34.9 Å². The van der Waals surface area contributed by atoms with Crippen molar-refractivity contribution < 1.29 is 23.8 Å². The molecule has 0 spiro atoms. The van der Waals surface area contributed by atoms with Crippen molar-refractivity contribution in [1.82, 2.24) is 4.90 Å². The first-order chi connectivity index (χ1) is 16.1. The topological polar surface area (TPSA) is 77.1 Å². The van der Waals surface area contributed by atoms with E-state index in [0.717, 1.165) is 11.3 Å². The molecule has 3 aromatic carbocycles. The Kier molecular flexibility index (Phi) is 5.44. The number of nitrogens with zero attached hydrogens (tertiary/aromatic N) is 1. The van der Waals surface area contributed by atoms with E-state index in [1.165, 1.54) is 4.90 Å². The van der Waals surface area contributed by atoms with Gasteiger partial charge in [0.25, 0.3) is 11.8 Å². The maximum Gasteiger partial charge on any atom is 0.278 e. The molecule has 2 aliphatic rings. The molecule has 2 heterocycles. The van der Waals surface area contributed by atoms with Crippen LogP contribution in [0.15, 0.2) is 78.5 Å². The fourth-order valence-electron chi connectivity index (χ4n) is 3.88. The van der Waals surface area contributed by atoms with Crippen LogP contribution >= 0.6 is 0 Å². The molecule has 1 N–H and O–H groups in total. The number of carbonyl (C=O) groups excluding carboxylic acids is 2. The van der Waals surface area contributed by atoms with Gasteiger partial charge in [0, 0.05) is 5.69 Å². The van der Waals surface area contributed by atoms with E-state index in [-0.39, 0.29) is 30.8 Å². The van der Waals surface area contributed by atoms with Crippen molar-refractivity contribution in [3.63, 3.8) is 0 Å². The minimum absolute atomic E-state index is 0.124. The van der Waals surface area contributed by atoms with Crippen LogP contribution in [0.25, 0.3) is 5.57 Å². The molecule has 166 valence electrons. The third-order valence-corrected chi connectivity index (χ3v) is 5.44. The molecule has 0 bridgehead atoms. The molecule has 3 aromatic rings. The number of hydrogen-bond donors (Lipinski definition) is 1. The molecule has 0 fully saturated rings. The fraction of sp³-hybridized carbons (Fsp3) is 0.154. The van der Waals surface area contributed by atoms with Crippen molar-refractivity contribution in [2.24, 2.45) is 0 Å². The van der Waals surface area contributed by atoms with Gasteiger partial charge in [0.15, 0.2) is 11.5 Å². The lowest BCUT2D eigenvalue weighted by molar-refractivity contribution is -0.137. The first-order valence-corrected chi connectivity index (χ1v) is 10.7. The molecule has 0 aliphatic carbocycles. The van der Waals surface area contributed by atoms with Crippen molar-refractivity contribution >= 4 is 23.1 Å². The van der Waals surface area contributed by atoms with Gasteiger partial charge in [-0.05, 0) is 54.4 Å². The molecule has 33 heavy (non-hydrogen) atoms. The van der Waals surface area contributed by atoms with E-state index in [1.54, 1.807) is 12.1 Å². The Morgan fingerprint density at radius 3 is 2.42 bits per heavy atom. The summed E-state index contributed by atoms with van der Waals surface area (Å²) in [5.41, 5.74) is 2.73. The second-order valence-electron chi connectivity index (χ2n) is 7.58. The van der Waals surface area contributed by atoms with Crippen molar-refractivity contribution in [3.05, 3.63) is 89.6 Å². The summed E-state index contributed by atoms with van der Waals surface area (Å²) in [5, 5.41) is 3.16. The van der Waals surface area contributed by atoms with Gasteiger partial charge in [-0.1, -0.05) is 36.4 Å². The van der Waals surface area contributed by atoms with Gasteiger partial charge in [0.2, 0.25) is 6.79 Å². The van der Waals surface area contributed by atoms with Gasteiger partial charge in [0.1, 0.15) is 11.4 Å². The third-order valence-electron chi connectivity index (χ3n) is 5.44. The zero-order chi connectivity index (χ0) is 22.8. The van der Waals surface area contributed by atoms with Gasteiger partial charge in [-0.3, -0.25) is 14.5 Å². The molecule has 0 aromatic heterocycles. The van der Waals surface area contributed by atoms with E-state index in [9.17, 15) is 9.59 Å². The number of fused-ring (bicyclic) bond motifs is 1. The Bertz CT molecular complexity index is 1240. The lowest BCUT2D eigenvalue weighted by atomic mass is 10.0. The average Bonchev–Trinajstić information content (AvgIpc) is 3.39. The van der Waals surface area contributed by atoms with Crippen LogP contribution in [0.5, 0.6) is 17.2 Å². The zero-order valence-corrected chi connectivity index (χ0v) is 18.0. The minimum atomic E-state index is -0.384. The molecule has 0 atom stereocenters. The van der Waals surface area contributed by atoms with E-state index in [2.05, 4.69) is 5.32 Å². The summed E-state index contributed by atoms with van der Waals surface area (Å²) in [7, 11) is 0. The number of anilines is 1. The number of nitrogens with one attached hydrogen (secondary N) is 1. The Morgan fingerprint density at radius 2 is 1.67 bits per heavy atom. The second-order valence-corrected chi connectivity index (χ2v) is 7.58. The van der Waals surface area contributed by atoms with Gasteiger partial charge < -0.3 is 19.5 Å². The Hall–Kier alpha value is -4.26. The van der Waals surface area contributed by atoms with Crippen LogP contribution in [0.2, 0.25) is 0 Å². The molecule has 2 aliphatic heterocycles. The van der Waals surface area contributed by atoms with Crippen LogP contribution in [-0.4, -0.2) is 30.1 Å². The second kappa shape index (κ2) is 8.70. The highest BCUT2D eigenvalue weighted by Crippen LogP contribution is 2.35. The average molecular weight is 442 g/mol. The molecule has 0 saturated heterocycles. The molecule has 7 nitrogen and oxygen atoms in total. The number of imide groups is 1. The molecule has 7 heteroatoms. The summed E-state index contributed by atoms with van der Waals surface area (Å²) in [6, 6.07) is 21.9. The fourth-order valence-corrected chi connectivity index (χ4v) is 3.88. The summed E-state index contributed by atoms with van der Waals surface area (Å²) in [5.74, 6) is 1.26. The maximum atomic E-state index is 13.4. The molecular weight excluding hydrogens is 420 g/mol. The Labute approximate surface area is 191 Å². The summed E-state index contributed by atoms with van der Waals surface area (Å²) in [6.07, 6.45) is 0. The van der Waals surface area contributed by atoms with E-state index >= 15 is 0 Å². The third kappa shape index (κ3) is 4.01. The summed E-state index contributed by atoms with van der Waals surface area (Å²) in [4.78, 5) is 28.1. The van der Waals surface area contributed by atoms with Gasteiger partial charge in [-0.25, -0.2) is 0 Å². The van der Waals surface area contributed by atoms with Crippen LogP contribution in [0.4, 0.5) is 5.69 Å². The standard InChI is InChI=1S/C26H22N2O5/c1-2-31-20-11-9-19(10-12-20)27-24-23(18-6-4-3-5-7-18)25(29)28(26(24)30)15-17-8-13-21-22(14-17)33-16-32-21/h3-14,27H,2,15-16H2,1H3. The van der Waals surface area contributed by atoms with Crippen molar-refractivity contribution in [3.8, 4) is 17.2 Å². The van der Waals surface area contributed by atoms with E-state index in [1.807, 2.05) is 67.6 Å². The van der Waals surface area contributed by atoms with Gasteiger partial charge in [-0.15, -0.1) is 0 Å².